The number of methoxy groups -OCH3 is 2. The molecule has 3 aromatic rings. The van der Waals surface area contributed by atoms with Gasteiger partial charge in [0.1, 0.15) is 17.2 Å². The van der Waals surface area contributed by atoms with Gasteiger partial charge in [-0.2, -0.15) is 0 Å². The molecule has 31 heavy (non-hydrogen) atoms. The molecule has 1 heterocycles. The van der Waals surface area contributed by atoms with E-state index in [4.69, 9.17) is 32.7 Å². The summed E-state index contributed by atoms with van der Waals surface area (Å²) < 4.78 is 37.5. The number of nitrogens with one attached hydrogen (secondary N) is 1. The Balaban J connectivity index is 1.94. The van der Waals surface area contributed by atoms with Crippen LogP contribution in [0.15, 0.2) is 30.3 Å². The molecule has 0 aliphatic rings. The average molecular weight is 469 g/mol. The monoisotopic (exact) mass is 468 g/mol. The summed E-state index contributed by atoms with van der Waals surface area (Å²) in [6.45, 7) is -0.126. The molecule has 0 aliphatic carbocycles. The lowest BCUT2D eigenvalue weighted by molar-refractivity contribution is -0.120. The Morgan fingerprint density at radius 1 is 1.10 bits per heavy atom. The number of carbonyl (C=O) groups excluding carboxylic acids is 2. The van der Waals surface area contributed by atoms with Gasteiger partial charge in [0.2, 0.25) is 11.8 Å². The molecule has 1 aromatic heterocycles. The number of hydrogen-bond acceptors (Lipinski definition) is 5. The van der Waals surface area contributed by atoms with Crippen molar-refractivity contribution in [1.29, 1.82) is 0 Å². The fraction of sp³-hybridized carbons (Fsp3) is 0.190. The zero-order valence-electron chi connectivity index (χ0n) is 16.4. The highest BCUT2D eigenvalue weighted by Gasteiger charge is 2.20. The molecule has 0 aliphatic heterocycles. The summed E-state index contributed by atoms with van der Waals surface area (Å²) in [4.78, 5) is 28.6. The Labute approximate surface area is 186 Å². The van der Waals surface area contributed by atoms with Crippen LogP contribution in [0.25, 0.3) is 10.9 Å². The van der Waals surface area contributed by atoms with Gasteiger partial charge in [-0.1, -0.05) is 29.3 Å². The zero-order valence-corrected chi connectivity index (χ0v) is 17.9. The summed E-state index contributed by atoms with van der Waals surface area (Å²) in [5, 5.41) is 3.32. The Hall–Kier alpha value is -2.97. The van der Waals surface area contributed by atoms with E-state index in [0.29, 0.717) is 16.5 Å². The van der Waals surface area contributed by atoms with Crippen LogP contribution in [0.3, 0.4) is 0 Å². The number of aromatic nitrogens is 1. The smallest absolute Gasteiger partial charge is 0.343 e. The molecule has 10 heteroatoms. The number of carbonyl (C=O) groups is 2. The average Bonchev–Trinajstić information content (AvgIpc) is 2.75. The summed E-state index contributed by atoms with van der Waals surface area (Å²) in [5.41, 5.74) is 0.419. The third kappa shape index (κ3) is 4.70. The van der Waals surface area contributed by atoms with Crippen LogP contribution in [0.5, 0.6) is 5.88 Å². The number of ether oxygens (including phenoxy) is 2. The molecule has 1 N–H and O–H groups in total. The van der Waals surface area contributed by atoms with Crippen molar-refractivity contribution < 1.29 is 27.8 Å². The number of pyridine rings is 1. The van der Waals surface area contributed by atoms with E-state index in [1.807, 2.05) is 0 Å². The van der Waals surface area contributed by atoms with Crippen molar-refractivity contribution in [3.05, 3.63) is 68.7 Å². The molecule has 2 aromatic carbocycles. The number of amides is 1. The number of nitrogens with zero attached hydrogens (tertiary/aromatic N) is 1. The van der Waals surface area contributed by atoms with Crippen LogP contribution >= 0.6 is 23.2 Å². The minimum Gasteiger partial charge on any atom is -0.480 e. The molecule has 162 valence electrons. The van der Waals surface area contributed by atoms with E-state index in [1.165, 1.54) is 32.4 Å². The fourth-order valence-corrected chi connectivity index (χ4v) is 3.44. The van der Waals surface area contributed by atoms with Gasteiger partial charge in [0.15, 0.2) is 0 Å². The first-order chi connectivity index (χ1) is 14.8. The van der Waals surface area contributed by atoms with Crippen LogP contribution in [0.1, 0.15) is 21.5 Å². The second-order valence-corrected chi connectivity index (χ2v) is 7.20. The predicted molar refractivity (Wildman–Crippen MR) is 112 cm³/mol. The third-order valence-corrected chi connectivity index (χ3v) is 5.35. The van der Waals surface area contributed by atoms with E-state index in [1.54, 1.807) is 0 Å². The summed E-state index contributed by atoms with van der Waals surface area (Å²) in [7, 11) is 2.56. The molecule has 1 amide bonds. The maximum atomic E-state index is 13.8. The van der Waals surface area contributed by atoms with Crippen LogP contribution in [-0.4, -0.2) is 31.1 Å². The van der Waals surface area contributed by atoms with Crippen molar-refractivity contribution in [1.82, 2.24) is 10.3 Å². The Morgan fingerprint density at radius 2 is 1.77 bits per heavy atom. The number of esters is 1. The van der Waals surface area contributed by atoms with Crippen molar-refractivity contribution in [3.8, 4) is 5.88 Å². The summed E-state index contributed by atoms with van der Waals surface area (Å²) in [6.07, 6.45) is -0.502. The third-order valence-electron chi connectivity index (χ3n) is 4.52. The van der Waals surface area contributed by atoms with E-state index < -0.39 is 29.9 Å². The van der Waals surface area contributed by atoms with Gasteiger partial charge in [0, 0.05) is 23.1 Å². The van der Waals surface area contributed by atoms with Crippen molar-refractivity contribution >= 4 is 46.0 Å². The summed E-state index contributed by atoms with van der Waals surface area (Å²) in [6, 6.07) is 6.35. The van der Waals surface area contributed by atoms with E-state index in [9.17, 15) is 18.4 Å². The van der Waals surface area contributed by atoms with Crippen molar-refractivity contribution in [2.75, 3.05) is 14.2 Å². The molecule has 0 fully saturated rings. The Morgan fingerprint density at radius 3 is 2.39 bits per heavy atom. The second-order valence-electron chi connectivity index (χ2n) is 6.41. The van der Waals surface area contributed by atoms with Gasteiger partial charge in [-0.15, -0.1) is 0 Å². The van der Waals surface area contributed by atoms with Crippen LogP contribution in [0.4, 0.5) is 8.78 Å². The van der Waals surface area contributed by atoms with Gasteiger partial charge in [0.05, 0.1) is 36.2 Å². The second kappa shape index (κ2) is 9.45. The van der Waals surface area contributed by atoms with Gasteiger partial charge in [-0.3, -0.25) is 4.79 Å². The van der Waals surface area contributed by atoms with E-state index in [2.05, 4.69) is 10.3 Å². The van der Waals surface area contributed by atoms with Crippen molar-refractivity contribution in [2.45, 2.75) is 13.0 Å². The molecule has 0 spiro atoms. The maximum Gasteiger partial charge on any atom is 0.343 e. The highest BCUT2D eigenvalue weighted by Crippen LogP contribution is 2.34. The van der Waals surface area contributed by atoms with E-state index in [-0.39, 0.29) is 33.6 Å². The quantitative estimate of drug-likeness (QED) is 0.539. The molecule has 3 rings (SSSR count). The molecular formula is C21H16Cl2F2N2O4. The van der Waals surface area contributed by atoms with Gasteiger partial charge in [-0.05, 0) is 24.3 Å². The predicted octanol–water partition coefficient (Wildman–Crippen LogP) is 4.47. The SMILES string of the molecule is COC(=O)c1cc2cc(Cl)c(Cl)c(CNC(=O)Cc3c(F)cccc3F)c2nc1OC. The molecule has 0 saturated heterocycles. The normalized spacial score (nSPS) is 10.8. The number of benzene rings is 2. The maximum absolute atomic E-state index is 13.8. The van der Waals surface area contributed by atoms with E-state index in [0.717, 1.165) is 12.1 Å². The fourth-order valence-electron chi connectivity index (χ4n) is 3.00. The van der Waals surface area contributed by atoms with Crippen molar-refractivity contribution in [2.24, 2.45) is 0 Å². The molecule has 0 atom stereocenters. The first-order valence-electron chi connectivity index (χ1n) is 8.90. The topological polar surface area (TPSA) is 77.5 Å². The first-order valence-corrected chi connectivity index (χ1v) is 9.65. The van der Waals surface area contributed by atoms with Gasteiger partial charge < -0.3 is 14.8 Å². The lowest BCUT2D eigenvalue weighted by Crippen LogP contribution is -2.26. The first kappa shape index (κ1) is 22.7. The number of rotatable bonds is 6. The molecule has 0 unspecified atom stereocenters. The van der Waals surface area contributed by atoms with Crippen LogP contribution in [0, 0.1) is 11.6 Å². The van der Waals surface area contributed by atoms with Crippen LogP contribution in [0.2, 0.25) is 10.0 Å². The number of fused-ring (bicyclic) bond motifs is 1. The minimum atomic E-state index is -0.817. The Bertz CT molecular complexity index is 1170. The van der Waals surface area contributed by atoms with Gasteiger partial charge >= 0.3 is 5.97 Å². The highest BCUT2D eigenvalue weighted by atomic mass is 35.5. The van der Waals surface area contributed by atoms with Gasteiger partial charge in [-0.25, -0.2) is 18.6 Å². The van der Waals surface area contributed by atoms with Crippen molar-refractivity contribution in [3.63, 3.8) is 0 Å². The summed E-state index contributed by atoms with van der Waals surface area (Å²) in [5.74, 6) is -2.92. The largest absolute Gasteiger partial charge is 0.480 e. The molecule has 0 bridgehead atoms. The minimum absolute atomic E-state index is 0.00116. The van der Waals surface area contributed by atoms with Crippen LogP contribution in [-0.2, 0) is 22.5 Å². The zero-order chi connectivity index (χ0) is 22.7. The molecule has 0 radical (unpaired) electrons. The Kier molecular flexibility index (Phi) is 6.92. The standard InChI is InChI=1S/C21H16Cl2F2N2O4/c1-30-20-12(21(29)31-2)6-10-7-14(22)18(23)13(19(10)27-20)9-26-17(28)8-11-15(24)4-3-5-16(11)25/h3-7H,8-9H2,1-2H3,(H,26,28). The summed E-state index contributed by atoms with van der Waals surface area (Å²) >= 11 is 12.5. The number of hydrogen-bond donors (Lipinski definition) is 1. The van der Waals surface area contributed by atoms with Gasteiger partial charge in [0.25, 0.3) is 0 Å². The molecule has 6 nitrogen and oxygen atoms in total. The molecule has 0 saturated carbocycles. The van der Waals surface area contributed by atoms with Crippen LogP contribution < -0.4 is 10.1 Å². The molecular weight excluding hydrogens is 453 g/mol. The lowest BCUT2D eigenvalue weighted by atomic mass is 10.1. The van der Waals surface area contributed by atoms with E-state index >= 15 is 0 Å². The highest BCUT2D eigenvalue weighted by molar-refractivity contribution is 6.43. The lowest BCUT2D eigenvalue weighted by Gasteiger charge is -2.14. The number of halogens is 4.